The van der Waals surface area contributed by atoms with Crippen molar-refractivity contribution >= 4 is 0 Å². The van der Waals surface area contributed by atoms with Crippen LogP contribution in [0.2, 0.25) is 0 Å². The van der Waals surface area contributed by atoms with Crippen molar-refractivity contribution in [2.75, 3.05) is 0 Å². The van der Waals surface area contributed by atoms with Crippen molar-refractivity contribution in [3.05, 3.63) is 18.6 Å². The molecule has 0 saturated carbocycles. The molecule has 0 aliphatic rings. The Morgan fingerprint density at radius 2 is 1.67 bits per heavy atom. The lowest BCUT2D eigenvalue weighted by atomic mass is 10.4. The summed E-state index contributed by atoms with van der Waals surface area (Å²) >= 11 is 0. The van der Waals surface area contributed by atoms with Crippen LogP contribution >= 0.6 is 0 Å². The van der Waals surface area contributed by atoms with Gasteiger partial charge >= 0.3 is 0 Å². The van der Waals surface area contributed by atoms with Gasteiger partial charge in [-0.3, -0.25) is 0 Å². The Morgan fingerprint density at radius 3 is 1.67 bits per heavy atom. The Morgan fingerprint density at radius 1 is 1.50 bits per heavy atom. The number of rotatable bonds is 1. The molecule has 0 bridgehead atoms. The molecular formula is C4H5F2. The fourth-order valence-electron chi connectivity index (χ4n) is 0. The van der Waals surface area contributed by atoms with Crippen LogP contribution < -0.4 is 0 Å². The van der Waals surface area contributed by atoms with E-state index in [9.17, 15) is 8.78 Å². The van der Waals surface area contributed by atoms with E-state index in [1.807, 2.05) is 0 Å². The first-order valence-corrected chi connectivity index (χ1v) is 1.48. The first-order chi connectivity index (χ1) is 2.64. The Labute approximate surface area is 35.5 Å². The average Bonchev–Trinajstić information content (AvgIpc) is 1.36. The zero-order valence-electron chi connectivity index (χ0n) is 3.46. The quantitative estimate of drug-likeness (QED) is 0.463. The smallest absolute Gasteiger partial charge is 0.198 e. The lowest BCUT2D eigenvalue weighted by molar-refractivity contribution is 0.462. The second-order valence-electron chi connectivity index (χ2n) is 0.938. The third kappa shape index (κ3) is 1.88. The van der Waals surface area contributed by atoms with Gasteiger partial charge in [0.15, 0.2) is 6.17 Å². The maximum absolute atomic E-state index is 11.3. The van der Waals surface area contributed by atoms with Gasteiger partial charge in [0, 0.05) is 0 Å². The van der Waals surface area contributed by atoms with Crippen LogP contribution in [0.4, 0.5) is 8.78 Å². The van der Waals surface area contributed by atoms with Crippen molar-refractivity contribution in [3.63, 3.8) is 0 Å². The summed E-state index contributed by atoms with van der Waals surface area (Å²) in [7, 11) is 0. The van der Waals surface area contributed by atoms with Gasteiger partial charge in [-0.25, -0.2) is 8.78 Å². The highest BCUT2D eigenvalue weighted by molar-refractivity contribution is 5.01. The second-order valence-corrected chi connectivity index (χ2v) is 0.938. The Hall–Kier alpha value is -0.400. The van der Waals surface area contributed by atoms with Crippen LogP contribution in [0.15, 0.2) is 12.4 Å². The first-order valence-electron chi connectivity index (χ1n) is 1.48. The molecule has 0 unspecified atom stereocenters. The highest BCUT2D eigenvalue weighted by atomic mass is 19.2. The third-order valence-electron chi connectivity index (χ3n) is 0.374. The molecule has 0 heterocycles. The van der Waals surface area contributed by atoms with Crippen molar-refractivity contribution in [3.8, 4) is 0 Å². The highest BCUT2D eigenvalue weighted by Gasteiger charge is 2.00. The fourth-order valence-corrected chi connectivity index (χ4v) is 0. The summed E-state index contributed by atoms with van der Waals surface area (Å²) in [5.74, 6) is -0.991. The molecule has 2 heteroatoms. The highest BCUT2D eigenvalue weighted by Crippen LogP contribution is 2.10. The predicted molar refractivity (Wildman–Crippen MR) is 20.3 cm³/mol. The largest absolute Gasteiger partial charge is 0.232 e. The zero-order chi connectivity index (χ0) is 5.15. The van der Waals surface area contributed by atoms with E-state index in [1.54, 1.807) is 0 Å². The van der Waals surface area contributed by atoms with Crippen LogP contribution in [0, 0.1) is 6.17 Å². The summed E-state index contributed by atoms with van der Waals surface area (Å²) < 4.78 is 22.5. The molecule has 0 spiro atoms. The van der Waals surface area contributed by atoms with Gasteiger partial charge in [0.25, 0.3) is 0 Å². The average molecular weight is 91.1 g/mol. The third-order valence-corrected chi connectivity index (χ3v) is 0.374. The summed E-state index contributed by atoms with van der Waals surface area (Å²) in [6.45, 7) is 3.69. The van der Waals surface area contributed by atoms with Gasteiger partial charge in [-0.15, -0.1) is 0 Å². The molecule has 0 nitrogen and oxygen atoms in total. The lowest BCUT2D eigenvalue weighted by Crippen LogP contribution is -1.75. The molecule has 1 radical (unpaired) electrons. The molecule has 6 heavy (non-hydrogen) atoms. The number of hydrogen-bond acceptors (Lipinski definition) is 0. The predicted octanol–water partition coefficient (Wildman–Crippen LogP) is 1.99. The Balaban J connectivity index is 3.26. The molecule has 0 aliphatic heterocycles. The maximum atomic E-state index is 11.3. The summed E-state index contributed by atoms with van der Waals surface area (Å²) in [5, 5.41) is 0. The molecule has 0 aromatic heterocycles. The van der Waals surface area contributed by atoms with E-state index in [-0.39, 0.29) is 0 Å². The Bertz CT molecular complexity index is 56.6. The van der Waals surface area contributed by atoms with Crippen LogP contribution in [0.3, 0.4) is 0 Å². The minimum Gasteiger partial charge on any atom is -0.232 e. The van der Waals surface area contributed by atoms with E-state index in [1.165, 1.54) is 0 Å². The molecule has 0 aromatic rings. The molecule has 0 atom stereocenters. The molecule has 0 N–H and O–H groups in total. The molecule has 0 saturated heterocycles. The number of allylic oxidation sites excluding steroid dienone is 1. The van der Waals surface area contributed by atoms with Crippen molar-refractivity contribution in [2.24, 2.45) is 0 Å². The summed E-state index contributed by atoms with van der Waals surface area (Å²) in [6, 6.07) is 0. The van der Waals surface area contributed by atoms with Crippen LogP contribution in [0.5, 0.6) is 0 Å². The maximum Gasteiger partial charge on any atom is 0.198 e. The molecule has 0 aliphatic carbocycles. The van der Waals surface area contributed by atoms with E-state index in [0.717, 1.165) is 6.92 Å². The van der Waals surface area contributed by atoms with Gasteiger partial charge < -0.3 is 0 Å². The van der Waals surface area contributed by atoms with Crippen LogP contribution in [-0.2, 0) is 0 Å². The number of halogens is 2. The number of hydrogen-bond donors (Lipinski definition) is 0. The minimum atomic E-state index is -0.991. The van der Waals surface area contributed by atoms with Crippen LogP contribution in [-0.4, -0.2) is 0 Å². The summed E-state index contributed by atoms with van der Waals surface area (Å²) in [4.78, 5) is 0. The first kappa shape index (κ1) is 5.60. The van der Waals surface area contributed by atoms with E-state index in [2.05, 4.69) is 6.58 Å². The van der Waals surface area contributed by atoms with Crippen LogP contribution in [0.25, 0.3) is 0 Å². The van der Waals surface area contributed by atoms with Gasteiger partial charge in [0.1, 0.15) is 5.83 Å². The van der Waals surface area contributed by atoms with Crippen molar-refractivity contribution in [2.45, 2.75) is 6.92 Å². The van der Waals surface area contributed by atoms with Gasteiger partial charge in [0.2, 0.25) is 0 Å². The second kappa shape index (κ2) is 1.90. The van der Waals surface area contributed by atoms with Gasteiger partial charge in [-0.05, 0) is 6.92 Å². The van der Waals surface area contributed by atoms with Gasteiger partial charge in [-0.1, -0.05) is 6.58 Å². The molecule has 0 aromatic carbocycles. The fraction of sp³-hybridized carbons (Fsp3) is 0.250. The topological polar surface area (TPSA) is 0 Å². The van der Waals surface area contributed by atoms with Crippen LogP contribution in [0.1, 0.15) is 6.92 Å². The lowest BCUT2D eigenvalue weighted by Gasteiger charge is -1.86. The summed E-state index contributed by atoms with van der Waals surface area (Å²) in [6.07, 6.45) is -0.852. The minimum absolute atomic E-state index is 0.852. The molecule has 0 amide bonds. The summed E-state index contributed by atoms with van der Waals surface area (Å²) in [5.41, 5.74) is 0. The normalized spacial score (nSPS) is 9.33. The molecule has 35 valence electrons. The molecular weight excluding hydrogens is 86.0 g/mol. The van der Waals surface area contributed by atoms with E-state index >= 15 is 0 Å². The monoisotopic (exact) mass is 91.0 g/mol. The van der Waals surface area contributed by atoms with Crippen molar-refractivity contribution in [1.29, 1.82) is 0 Å². The van der Waals surface area contributed by atoms with E-state index < -0.39 is 12.0 Å². The molecule has 0 fully saturated rings. The van der Waals surface area contributed by atoms with Gasteiger partial charge in [-0.2, -0.15) is 0 Å². The van der Waals surface area contributed by atoms with E-state index in [0.29, 0.717) is 0 Å². The molecule has 0 rings (SSSR count). The Kier molecular flexibility index (Phi) is 1.77. The van der Waals surface area contributed by atoms with Crippen molar-refractivity contribution < 1.29 is 8.78 Å². The standard InChI is InChI=1S/C4H5F2/c1-3(5)4(2)6/h1H2,2H3. The van der Waals surface area contributed by atoms with Crippen molar-refractivity contribution in [1.82, 2.24) is 0 Å². The van der Waals surface area contributed by atoms with Gasteiger partial charge in [0.05, 0.1) is 0 Å². The van der Waals surface area contributed by atoms with E-state index in [4.69, 9.17) is 0 Å². The zero-order valence-corrected chi connectivity index (χ0v) is 3.46. The SMILES string of the molecule is C=C(F)[C](C)F.